The lowest BCUT2D eigenvalue weighted by atomic mass is 9.99. The van der Waals surface area contributed by atoms with Crippen LogP contribution in [-0.2, 0) is 17.9 Å². The molecule has 1 aromatic heterocycles. The SMILES string of the molecule is CCn1nccc1CN1C[C@@H](C)[C@H](C(=O)O)C1. The fraction of sp³-hybridized carbons (Fsp3) is 0.667. The van der Waals surface area contributed by atoms with Gasteiger partial charge in [0.1, 0.15) is 0 Å². The number of carboxylic acids is 1. The second-order valence-electron chi connectivity index (χ2n) is 4.75. The number of nitrogens with zero attached hydrogens (tertiary/aromatic N) is 3. The molecule has 1 aliphatic heterocycles. The van der Waals surface area contributed by atoms with Gasteiger partial charge in [0.25, 0.3) is 0 Å². The number of carbonyl (C=O) groups is 1. The molecule has 0 aromatic carbocycles. The van der Waals surface area contributed by atoms with E-state index in [1.165, 1.54) is 0 Å². The molecule has 1 fully saturated rings. The highest BCUT2D eigenvalue weighted by Crippen LogP contribution is 2.24. The first-order valence-corrected chi connectivity index (χ1v) is 6.07. The summed E-state index contributed by atoms with van der Waals surface area (Å²) in [6, 6.07) is 2.00. The third kappa shape index (κ3) is 2.49. The number of hydrogen-bond donors (Lipinski definition) is 1. The summed E-state index contributed by atoms with van der Waals surface area (Å²) in [7, 11) is 0. The van der Waals surface area contributed by atoms with Gasteiger partial charge in [0.05, 0.1) is 11.6 Å². The van der Waals surface area contributed by atoms with E-state index in [1.807, 2.05) is 17.7 Å². The second-order valence-corrected chi connectivity index (χ2v) is 4.75. The van der Waals surface area contributed by atoms with E-state index in [4.69, 9.17) is 5.11 Å². The van der Waals surface area contributed by atoms with E-state index in [0.29, 0.717) is 6.54 Å². The van der Waals surface area contributed by atoms with Crippen molar-refractivity contribution in [3.8, 4) is 0 Å². The summed E-state index contributed by atoms with van der Waals surface area (Å²) in [5.74, 6) is -0.678. The molecule has 2 rings (SSSR count). The Balaban J connectivity index is 2.00. The van der Waals surface area contributed by atoms with Crippen LogP contribution in [0.1, 0.15) is 19.5 Å². The van der Waals surface area contributed by atoms with Gasteiger partial charge in [0.2, 0.25) is 0 Å². The highest BCUT2D eigenvalue weighted by atomic mass is 16.4. The molecular weight excluding hydrogens is 218 g/mol. The van der Waals surface area contributed by atoms with Crippen LogP contribution in [-0.4, -0.2) is 38.8 Å². The van der Waals surface area contributed by atoms with Crippen molar-refractivity contribution in [1.29, 1.82) is 0 Å². The molecule has 1 aliphatic rings. The normalized spacial score (nSPS) is 25.3. The van der Waals surface area contributed by atoms with Gasteiger partial charge in [-0.3, -0.25) is 14.4 Å². The smallest absolute Gasteiger partial charge is 0.308 e. The Labute approximate surface area is 101 Å². The van der Waals surface area contributed by atoms with Crippen molar-refractivity contribution >= 4 is 5.97 Å². The Kier molecular flexibility index (Phi) is 3.47. The number of likely N-dealkylation sites (tertiary alicyclic amines) is 1. The molecular formula is C12H19N3O2. The third-order valence-electron chi connectivity index (χ3n) is 3.49. The molecule has 5 nitrogen and oxygen atoms in total. The number of rotatable bonds is 4. The van der Waals surface area contributed by atoms with Gasteiger partial charge < -0.3 is 5.11 Å². The van der Waals surface area contributed by atoms with E-state index in [1.54, 1.807) is 6.20 Å². The van der Waals surface area contributed by atoms with Crippen LogP contribution in [0.15, 0.2) is 12.3 Å². The Morgan fingerprint density at radius 3 is 2.94 bits per heavy atom. The van der Waals surface area contributed by atoms with E-state index in [9.17, 15) is 4.79 Å². The van der Waals surface area contributed by atoms with Gasteiger partial charge in [-0.1, -0.05) is 6.92 Å². The van der Waals surface area contributed by atoms with E-state index in [0.717, 1.165) is 25.3 Å². The van der Waals surface area contributed by atoms with Crippen molar-refractivity contribution in [1.82, 2.24) is 14.7 Å². The third-order valence-corrected chi connectivity index (χ3v) is 3.49. The average molecular weight is 237 g/mol. The van der Waals surface area contributed by atoms with Crippen LogP contribution >= 0.6 is 0 Å². The van der Waals surface area contributed by atoms with E-state index >= 15 is 0 Å². The van der Waals surface area contributed by atoms with Crippen LogP contribution in [0.4, 0.5) is 0 Å². The largest absolute Gasteiger partial charge is 0.481 e. The van der Waals surface area contributed by atoms with Crippen molar-refractivity contribution < 1.29 is 9.90 Å². The summed E-state index contributed by atoms with van der Waals surface area (Å²) in [5, 5.41) is 13.3. The van der Waals surface area contributed by atoms with Crippen molar-refractivity contribution in [2.75, 3.05) is 13.1 Å². The quantitative estimate of drug-likeness (QED) is 0.850. The van der Waals surface area contributed by atoms with Crippen molar-refractivity contribution in [2.24, 2.45) is 11.8 Å². The number of hydrogen-bond acceptors (Lipinski definition) is 3. The Hall–Kier alpha value is -1.36. The van der Waals surface area contributed by atoms with Gasteiger partial charge in [-0.2, -0.15) is 5.10 Å². The number of carboxylic acid groups (broad SMARTS) is 1. The summed E-state index contributed by atoms with van der Waals surface area (Å²) in [5.41, 5.74) is 1.16. The molecule has 0 radical (unpaired) electrons. The molecule has 0 spiro atoms. The van der Waals surface area contributed by atoms with Crippen LogP contribution < -0.4 is 0 Å². The van der Waals surface area contributed by atoms with E-state index in [-0.39, 0.29) is 11.8 Å². The molecule has 0 amide bonds. The average Bonchev–Trinajstić information content (AvgIpc) is 2.85. The van der Waals surface area contributed by atoms with Crippen molar-refractivity contribution in [3.05, 3.63) is 18.0 Å². The first kappa shape index (κ1) is 12.1. The molecule has 2 heterocycles. The van der Waals surface area contributed by atoms with Crippen molar-refractivity contribution in [3.63, 3.8) is 0 Å². The molecule has 1 aromatic rings. The maximum absolute atomic E-state index is 11.0. The first-order valence-electron chi connectivity index (χ1n) is 6.07. The maximum Gasteiger partial charge on any atom is 0.308 e. The molecule has 17 heavy (non-hydrogen) atoms. The van der Waals surface area contributed by atoms with E-state index in [2.05, 4.69) is 16.9 Å². The van der Waals surface area contributed by atoms with Gasteiger partial charge in [-0.05, 0) is 18.9 Å². The standard InChI is InChI=1S/C12H19N3O2/c1-3-15-10(4-5-13-15)7-14-6-9(2)11(8-14)12(16)17/h4-5,9,11H,3,6-8H2,1-2H3,(H,16,17)/t9-,11-/m1/s1. The molecule has 2 atom stereocenters. The zero-order chi connectivity index (χ0) is 12.4. The van der Waals surface area contributed by atoms with Crippen LogP contribution in [0.25, 0.3) is 0 Å². The molecule has 5 heteroatoms. The Morgan fingerprint density at radius 2 is 2.35 bits per heavy atom. The van der Waals surface area contributed by atoms with Crippen LogP contribution in [0, 0.1) is 11.8 Å². The van der Waals surface area contributed by atoms with Crippen LogP contribution in [0.3, 0.4) is 0 Å². The predicted octanol–water partition coefficient (Wildman–Crippen LogP) is 1.06. The number of aliphatic carboxylic acids is 1. The lowest BCUT2D eigenvalue weighted by molar-refractivity contribution is -0.142. The minimum Gasteiger partial charge on any atom is -0.481 e. The lowest BCUT2D eigenvalue weighted by Gasteiger charge is -2.15. The van der Waals surface area contributed by atoms with Gasteiger partial charge in [0, 0.05) is 32.4 Å². The molecule has 1 N–H and O–H groups in total. The number of aromatic nitrogens is 2. The van der Waals surface area contributed by atoms with Crippen LogP contribution in [0.5, 0.6) is 0 Å². The summed E-state index contributed by atoms with van der Waals surface area (Å²) in [6.45, 7) is 7.21. The molecule has 1 saturated heterocycles. The van der Waals surface area contributed by atoms with E-state index < -0.39 is 5.97 Å². The molecule has 0 saturated carbocycles. The highest BCUT2D eigenvalue weighted by molar-refractivity contribution is 5.71. The Morgan fingerprint density at radius 1 is 1.59 bits per heavy atom. The molecule has 0 aliphatic carbocycles. The summed E-state index contributed by atoms with van der Waals surface area (Å²) in [4.78, 5) is 13.2. The van der Waals surface area contributed by atoms with Gasteiger partial charge in [0.15, 0.2) is 0 Å². The maximum atomic E-state index is 11.0. The fourth-order valence-corrected chi connectivity index (χ4v) is 2.53. The van der Waals surface area contributed by atoms with Crippen molar-refractivity contribution in [2.45, 2.75) is 26.9 Å². The summed E-state index contributed by atoms with van der Waals surface area (Å²) < 4.78 is 1.96. The molecule has 0 bridgehead atoms. The molecule has 94 valence electrons. The zero-order valence-corrected chi connectivity index (χ0v) is 10.3. The van der Waals surface area contributed by atoms with Gasteiger partial charge in [-0.15, -0.1) is 0 Å². The lowest BCUT2D eigenvalue weighted by Crippen LogP contribution is -2.24. The van der Waals surface area contributed by atoms with Gasteiger partial charge >= 0.3 is 5.97 Å². The monoisotopic (exact) mass is 237 g/mol. The first-order chi connectivity index (χ1) is 8.11. The van der Waals surface area contributed by atoms with Crippen LogP contribution in [0.2, 0.25) is 0 Å². The predicted molar refractivity (Wildman–Crippen MR) is 63.5 cm³/mol. The fourth-order valence-electron chi connectivity index (χ4n) is 2.53. The zero-order valence-electron chi connectivity index (χ0n) is 10.3. The van der Waals surface area contributed by atoms with Gasteiger partial charge in [-0.25, -0.2) is 0 Å². The number of aryl methyl sites for hydroxylation is 1. The molecule has 0 unspecified atom stereocenters. The minimum absolute atomic E-state index is 0.227. The Bertz CT molecular complexity index is 402. The minimum atomic E-state index is -0.677. The highest BCUT2D eigenvalue weighted by Gasteiger charge is 2.34. The summed E-state index contributed by atoms with van der Waals surface area (Å²) >= 11 is 0. The second kappa shape index (κ2) is 4.87. The summed E-state index contributed by atoms with van der Waals surface area (Å²) in [6.07, 6.45) is 1.80. The topological polar surface area (TPSA) is 58.4 Å².